The van der Waals surface area contributed by atoms with Gasteiger partial charge >= 0.3 is 0 Å². The van der Waals surface area contributed by atoms with Crippen molar-refractivity contribution in [2.24, 2.45) is 0 Å². The molecule has 0 spiro atoms. The van der Waals surface area contributed by atoms with E-state index in [1.807, 2.05) is 0 Å². The molecular formula is C19H15FN4O5. The van der Waals surface area contributed by atoms with E-state index in [1.54, 1.807) is 0 Å². The Hall–Kier alpha value is -4.08. The smallest absolute Gasteiger partial charge is 0.271 e. The molecule has 29 heavy (non-hydrogen) atoms. The number of hydrogen-bond acceptors (Lipinski definition) is 6. The fourth-order valence-corrected chi connectivity index (χ4v) is 2.57. The highest BCUT2D eigenvalue weighted by atomic mass is 19.1. The predicted octanol–water partition coefficient (Wildman–Crippen LogP) is 2.60. The molecule has 148 valence electrons. The number of nitro groups is 1. The summed E-state index contributed by atoms with van der Waals surface area (Å²) in [6.45, 7) is -0.431. The summed E-state index contributed by atoms with van der Waals surface area (Å²) in [7, 11) is 1.36. The first-order chi connectivity index (χ1) is 13.9. The second-order valence-corrected chi connectivity index (χ2v) is 5.91. The monoisotopic (exact) mass is 398 g/mol. The fraction of sp³-hybridized carbons (Fsp3) is 0.105. The standard InChI is InChI=1S/C19H15FN4O5/c1-29-17-8-6-14(24(27)28)10-16(17)21-18(25)11-23-19(26)9-7-15(22-23)12-2-4-13(20)5-3-12/h2-10H,11H2,1H3,(H,21,25). The van der Waals surface area contributed by atoms with Crippen molar-refractivity contribution in [3.8, 4) is 17.0 Å². The third kappa shape index (κ3) is 4.61. The highest BCUT2D eigenvalue weighted by molar-refractivity contribution is 5.92. The van der Waals surface area contributed by atoms with Crippen molar-refractivity contribution in [3.63, 3.8) is 0 Å². The molecule has 2 aromatic carbocycles. The molecule has 0 saturated carbocycles. The lowest BCUT2D eigenvalue weighted by atomic mass is 10.1. The van der Waals surface area contributed by atoms with Gasteiger partial charge in [0.2, 0.25) is 5.91 Å². The number of amides is 1. The molecule has 0 aliphatic heterocycles. The Bertz CT molecular complexity index is 1130. The van der Waals surface area contributed by atoms with Crippen LogP contribution in [0.4, 0.5) is 15.8 Å². The van der Waals surface area contributed by atoms with Crippen LogP contribution in [0.25, 0.3) is 11.3 Å². The number of halogens is 1. The molecule has 1 N–H and O–H groups in total. The molecule has 0 atom stereocenters. The zero-order valence-corrected chi connectivity index (χ0v) is 15.2. The SMILES string of the molecule is COc1ccc([N+](=O)[O-])cc1NC(=O)Cn1nc(-c2ccc(F)cc2)ccc1=O. The molecule has 0 aliphatic carbocycles. The van der Waals surface area contributed by atoms with Crippen LogP contribution in [-0.2, 0) is 11.3 Å². The summed E-state index contributed by atoms with van der Waals surface area (Å²) in [5.41, 5.74) is 0.299. The lowest BCUT2D eigenvalue weighted by Crippen LogP contribution is -2.29. The summed E-state index contributed by atoms with van der Waals surface area (Å²) >= 11 is 0. The van der Waals surface area contributed by atoms with E-state index in [9.17, 15) is 24.1 Å². The van der Waals surface area contributed by atoms with Gasteiger partial charge in [0.05, 0.1) is 23.4 Å². The van der Waals surface area contributed by atoms with Gasteiger partial charge in [0, 0.05) is 23.8 Å². The molecular weight excluding hydrogens is 383 g/mol. The normalized spacial score (nSPS) is 10.4. The quantitative estimate of drug-likeness (QED) is 0.504. The zero-order valence-electron chi connectivity index (χ0n) is 15.2. The molecule has 1 aromatic heterocycles. The van der Waals surface area contributed by atoms with E-state index in [-0.39, 0.29) is 17.1 Å². The van der Waals surface area contributed by atoms with Gasteiger partial charge in [-0.1, -0.05) is 0 Å². The van der Waals surface area contributed by atoms with E-state index >= 15 is 0 Å². The topological polar surface area (TPSA) is 116 Å². The van der Waals surface area contributed by atoms with Crippen molar-refractivity contribution in [2.75, 3.05) is 12.4 Å². The number of methoxy groups -OCH3 is 1. The van der Waals surface area contributed by atoms with Gasteiger partial charge < -0.3 is 10.1 Å². The number of ether oxygens (including phenoxy) is 1. The number of nitro benzene ring substituents is 1. The van der Waals surface area contributed by atoms with Crippen molar-refractivity contribution in [1.29, 1.82) is 0 Å². The number of rotatable bonds is 6. The molecule has 3 aromatic rings. The second-order valence-electron chi connectivity index (χ2n) is 5.91. The van der Waals surface area contributed by atoms with Crippen molar-refractivity contribution >= 4 is 17.3 Å². The van der Waals surface area contributed by atoms with E-state index in [4.69, 9.17) is 4.74 Å². The minimum absolute atomic E-state index is 0.0921. The first kappa shape index (κ1) is 19.7. The summed E-state index contributed by atoms with van der Waals surface area (Å²) in [5, 5.41) is 17.5. The summed E-state index contributed by atoms with van der Waals surface area (Å²) in [6, 6.07) is 12.0. The van der Waals surface area contributed by atoms with Gasteiger partial charge in [-0.3, -0.25) is 19.7 Å². The largest absolute Gasteiger partial charge is 0.495 e. The van der Waals surface area contributed by atoms with Crippen LogP contribution in [0.5, 0.6) is 5.75 Å². The van der Waals surface area contributed by atoms with E-state index in [0.29, 0.717) is 11.3 Å². The van der Waals surface area contributed by atoms with Crippen LogP contribution in [0.15, 0.2) is 59.4 Å². The van der Waals surface area contributed by atoms with E-state index in [1.165, 1.54) is 55.6 Å². The first-order valence-corrected chi connectivity index (χ1v) is 8.34. The van der Waals surface area contributed by atoms with Crippen LogP contribution in [0, 0.1) is 15.9 Å². The Morgan fingerprint density at radius 1 is 1.21 bits per heavy atom. The van der Waals surface area contributed by atoms with Crippen molar-refractivity contribution in [1.82, 2.24) is 9.78 Å². The maximum Gasteiger partial charge on any atom is 0.271 e. The van der Waals surface area contributed by atoms with Crippen molar-refractivity contribution in [2.45, 2.75) is 6.54 Å². The summed E-state index contributed by atoms with van der Waals surface area (Å²) in [6.07, 6.45) is 0. The molecule has 9 nitrogen and oxygen atoms in total. The molecule has 0 aliphatic rings. The molecule has 0 fully saturated rings. The molecule has 10 heteroatoms. The number of hydrogen-bond donors (Lipinski definition) is 1. The minimum Gasteiger partial charge on any atom is -0.495 e. The average Bonchev–Trinajstić information content (AvgIpc) is 2.70. The molecule has 1 amide bonds. The molecule has 0 bridgehead atoms. The Morgan fingerprint density at radius 3 is 2.59 bits per heavy atom. The highest BCUT2D eigenvalue weighted by Gasteiger charge is 2.15. The Balaban J connectivity index is 1.83. The van der Waals surface area contributed by atoms with Crippen LogP contribution in [-0.4, -0.2) is 27.7 Å². The van der Waals surface area contributed by atoms with Crippen LogP contribution in [0.3, 0.4) is 0 Å². The van der Waals surface area contributed by atoms with Crippen LogP contribution >= 0.6 is 0 Å². The number of nitrogens with zero attached hydrogens (tertiary/aromatic N) is 3. The van der Waals surface area contributed by atoms with Gasteiger partial charge in [0.15, 0.2) is 0 Å². The van der Waals surface area contributed by atoms with Gasteiger partial charge in [-0.25, -0.2) is 9.07 Å². The minimum atomic E-state index is -0.630. The van der Waals surface area contributed by atoms with Gasteiger partial charge in [0.1, 0.15) is 18.1 Å². The summed E-state index contributed by atoms with van der Waals surface area (Å²) in [4.78, 5) is 34.8. The molecule has 0 unspecified atom stereocenters. The highest BCUT2D eigenvalue weighted by Crippen LogP contribution is 2.28. The number of benzene rings is 2. The summed E-state index contributed by atoms with van der Waals surface area (Å²) in [5.74, 6) is -0.814. The zero-order chi connectivity index (χ0) is 21.0. The van der Waals surface area contributed by atoms with E-state index < -0.39 is 28.8 Å². The van der Waals surface area contributed by atoms with Crippen LogP contribution in [0.1, 0.15) is 0 Å². The van der Waals surface area contributed by atoms with E-state index in [0.717, 1.165) is 10.7 Å². The molecule has 1 heterocycles. The molecule has 3 rings (SSSR count). The molecule has 0 radical (unpaired) electrons. The number of non-ortho nitro benzene ring substituents is 1. The lowest BCUT2D eigenvalue weighted by Gasteiger charge is -2.11. The van der Waals surface area contributed by atoms with Gasteiger partial charge in [-0.2, -0.15) is 5.10 Å². The number of carbonyl (C=O) groups is 1. The lowest BCUT2D eigenvalue weighted by molar-refractivity contribution is -0.384. The second kappa shape index (κ2) is 8.30. The third-order valence-corrected chi connectivity index (χ3v) is 3.97. The Morgan fingerprint density at radius 2 is 1.93 bits per heavy atom. The molecule has 0 saturated heterocycles. The number of carbonyl (C=O) groups excluding carboxylic acids is 1. The average molecular weight is 398 g/mol. The van der Waals surface area contributed by atoms with Crippen LogP contribution in [0.2, 0.25) is 0 Å². The summed E-state index contributed by atoms with van der Waals surface area (Å²) < 4.78 is 19.1. The number of nitrogens with one attached hydrogen (secondary N) is 1. The maximum atomic E-state index is 13.1. The van der Waals surface area contributed by atoms with Crippen molar-refractivity contribution < 1.29 is 18.8 Å². The first-order valence-electron chi connectivity index (χ1n) is 8.34. The Kier molecular flexibility index (Phi) is 5.63. The number of anilines is 1. The third-order valence-electron chi connectivity index (χ3n) is 3.97. The fourth-order valence-electron chi connectivity index (χ4n) is 2.57. The van der Waals surface area contributed by atoms with E-state index in [2.05, 4.69) is 10.4 Å². The number of aromatic nitrogens is 2. The van der Waals surface area contributed by atoms with Gasteiger partial charge in [-0.05, 0) is 36.4 Å². The van der Waals surface area contributed by atoms with Crippen molar-refractivity contribution in [3.05, 3.63) is 80.9 Å². The maximum absolute atomic E-state index is 13.1. The predicted molar refractivity (Wildman–Crippen MR) is 102 cm³/mol. The Labute approximate surface area is 163 Å². The van der Waals surface area contributed by atoms with Gasteiger partial charge in [0.25, 0.3) is 11.2 Å². The van der Waals surface area contributed by atoms with Crippen LogP contribution < -0.4 is 15.6 Å². The van der Waals surface area contributed by atoms with Gasteiger partial charge in [-0.15, -0.1) is 0 Å².